The van der Waals surface area contributed by atoms with Crippen molar-refractivity contribution in [3.8, 4) is 5.75 Å². The lowest BCUT2D eigenvalue weighted by Crippen LogP contribution is -2.25. The number of rotatable bonds is 5. The molecule has 1 heterocycles. The highest BCUT2D eigenvalue weighted by Gasteiger charge is 2.22. The van der Waals surface area contributed by atoms with Crippen molar-refractivity contribution in [3.63, 3.8) is 0 Å². The molecule has 1 unspecified atom stereocenters. The Morgan fingerprint density at radius 1 is 1.35 bits per heavy atom. The molecular weight excluding hydrogens is 416 g/mol. The molecule has 1 saturated heterocycles. The van der Waals surface area contributed by atoms with Gasteiger partial charge in [0.1, 0.15) is 5.75 Å². The zero-order valence-corrected chi connectivity index (χ0v) is 16.9. The molecule has 0 bridgehead atoms. The summed E-state index contributed by atoms with van der Waals surface area (Å²) in [6.45, 7) is 2.74. The van der Waals surface area contributed by atoms with Gasteiger partial charge in [0, 0.05) is 35.5 Å². The molecule has 3 N–H and O–H groups in total. The molecule has 0 radical (unpaired) electrons. The molecule has 7 heteroatoms. The van der Waals surface area contributed by atoms with Crippen LogP contribution in [0.25, 0.3) is 0 Å². The first-order valence-electron chi connectivity index (χ1n) is 8.46. The second-order valence-electron chi connectivity index (χ2n) is 6.28. The van der Waals surface area contributed by atoms with Gasteiger partial charge in [-0.1, -0.05) is 27.5 Å². The van der Waals surface area contributed by atoms with Crippen LogP contribution in [0.1, 0.15) is 6.42 Å². The Hall–Kier alpha value is -1.92. The Morgan fingerprint density at radius 2 is 2.12 bits per heavy atom. The van der Waals surface area contributed by atoms with E-state index in [1.54, 1.807) is 19.2 Å². The van der Waals surface area contributed by atoms with Gasteiger partial charge < -0.3 is 20.7 Å². The van der Waals surface area contributed by atoms with Gasteiger partial charge >= 0.3 is 0 Å². The molecule has 0 aromatic heterocycles. The Labute approximate surface area is 167 Å². The van der Waals surface area contributed by atoms with Gasteiger partial charge in [-0.2, -0.15) is 0 Å². The molecule has 1 aliphatic heterocycles. The summed E-state index contributed by atoms with van der Waals surface area (Å²) < 4.78 is 6.24. The van der Waals surface area contributed by atoms with Crippen LogP contribution < -0.4 is 20.7 Å². The lowest BCUT2D eigenvalue weighted by molar-refractivity contribution is 0.415. The fourth-order valence-corrected chi connectivity index (χ4v) is 3.55. The molecular formula is C19H22BrClN4O. The minimum Gasteiger partial charge on any atom is -0.495 e. The van der Waals surface area contributed by atoms with E-state index in [0.29, 0.717) is 29.2 Å². The second-order valence-corrected chi connectivity index (χ2v) is 7.60. The molecule has 3 rings (SSSR count). The molecule has 5 nitrogen and oxygen atoms in total. The molecule has 0 aliphatic carbocycles. The number of halogens is 2. The van der Waals surface area contributed by atoms with Gasteiger partial charge in [0.2, 0.25) is 0 Å². The quantitative estimate of drug-likeness (QED) is 0.539. The maximum Gasteiger partial charge on any atom is 0.193 e. The van der Waals surface area contributed by atoms with Crippen molar-refractivity contribution in [1.29, 1.82) is 0 Å². The first-order chi connectivity index (χ1) is 12.5. The summed E-state index contributed by atoms with van der Waals surface area (Å²) >= 11 is 9.60. The third-order valence-electron chi connectivity index (χ3n) is 4.42. The molecule has 0 spiro atoms. The zero-order chi connectivity index (χ0) is 18.5. The van der Waals surface area contributed by atoms with Crippen LogP contribution >= 0.6 is 27.5 Å². The van der Waals surface area contributed by atoms with Crippen LogP contribution in [0.15, 0.2) is 51.9 Å². The lowest BCUT2D eigenvalue weighted by atomic mass is 10.1. The van der Waals surface area contributed by atoms with Crippen molar-refractivity contribution in [3.05, 3.63) is 52.0 Å². The van der Waals surface area contributed by atoms with Crippen LogP contribution in [0.3, 0.4) is 0 Å². The molecule has 0 saturated carbocycles. The standard InChI is InChI=1S/C19H22BrClN4O/c1-26-18-7-4-15(10-17(18)21)24-19(22)23-11-13-8-9-25(12-13)16-5-2-14(20)3-6-16/h2-7,10,13H,8-9,11-12H2,1H3,(H3,22,23,24). The number of nitrogens with two attached hydrogens (primary N) is 1. The zero-order valence-electron chi connectivity index (χ0n) is 14.6. The minimum atomic E-state index is 0.397. The second kappa shape index (κ2) is 8.64. The number of hydrogen-bond acceptors (Lipinski definition) is 3. The molecule has 2 aromatic carbocycles. The van der Waals surface area contributed by atoms with E-state index in [4.69, 9.17) is 22.1 Å². The van der Waals surface area contributed by atoms with Crippen molar-refractivity contribution >= 4 is 44.9 Å². The van der Waals surface area contributed by atoms with Gasteiger partial charge in [0.15, 0.2) is 5.96 Å². The van der Waals surface area contributed by atoms with Crippen LogP contribution in [0, 0.1) is 5.92 Å². The number of ether oxygens (including phenoxy) is 1. The highest BCUT2D eigenvalue weighted by molar-refractivity contribution is 9.10. The smallest absolute Gasteiger partial charge is 0.193 e. The number of methoxy groups -OCH3 is 1. The fraction of sp³-hybridized carbons (Fsp3) is 0.316. The summed E-state index contributed by atoms with van der Waals surface area (Å²) in [6.07, 6.45) is 1.11. The summed E-state index contributed by atoms with van der Waals surface area (Å²) in [7, 11) is 1.59. The number of guanidine groups is 1. The number of nitrogens with one attached hydrogen (secondary N) is 1. The van der Waals surface area contributed by atoms with Crippen molar-refractivity contribution in [1.82, 2.24) is 0 Å². The summed E-state index contributed by atoms with van der Waals surface area (Å²) in [5, 5.41) is 3.61. The Balaban J connectivity index is 1.53. The van der Waals surface area contributed by atoms with Crippen molar-refractivity contribution in [2.24, 2.45) is 16.6 Å². The molecule has 138 valence electrons. The van der Waals surface area contributed by atoms with Crippen molar-refractivity contribution in [2.75, 3.05) is 37.0 Å². The highest BCUT2D eigenvalue weighted by atomic mass is 79.9. The maximum absolute atomic E-state index is 6.12. The third-order valence-corrected chi connectivity index (χ3v) is 5.25. The minimum absolute atomic E-state index is 0.397. The largest absolute Gasteiger partial charge is 0.495 e. The number of nitrogens with zero attached hydrogens (tertiary/aromatic N) is 2. The van der Waals surface area contributed by atoms with Gasteiger partial charge in [-0.05, 0) is 54.8 Å². The monoisotopic (exact) mass is 436 g/mol. The van der Waals surface area contributed by atoms with E-state index in [1.165, 1.54) is 5.69 Å². The SMILES string of the molecule is COc1ccc(NC(N)=NCC2CCN(c3ccc(Br)cc3)C2)cc1Cl. The first-order valence-corrected chi connectivity index (χ1v) is 9.63. The summed E-state index contributed by atoms with van der Waals surface area (Å²) in [5.74, 6) is 1.53. The third kappa shape index (κ3) is 4.83. The van der Waals surface area contributed by atoms with E-state index < -0.39 is 0 Å². The van der Waals surface area contributed by atoms with E-state index in [1.807, 2.05) is 6.07 Å². The lowest BCUT2D eigenvalue weighted by Gasteiger charge is -2.18. The summed E-state index contributed by atoms with van der Waals surface area (Å²) in [5.41, 5.74) is 8.05. The topological polar surface area (TPSA) is 62.9 Å². The normalized spacial score (nSPS) is 17.4. The number of aliphatic imine (C=N–C) groups is 1. The number of benzene rings is 2. The Morgan fingerprint density at radius 3 is 2.81 bits per heavy atom. The van der Waals surface area contributed by atoms with Gasteiger partial charge in [-0.15, -0.1) is 0 Å². The average Bonchev–Trinajstić information content (AvgIpc) is 3.10. The molecule has 2 aromatic rings. The summed E-state index contributed by atoms with van der Waals surface area (Å²) in [4.78, 5) is 6.88. The molecule has 1 aliphatic rings. The van der Waals surface area contributed by atoms with Crippen LogP contribution in [0.4, 0.5) is 11.4 Å². The van der Waals surface area contributed by atoms with Crippen molar-refractivity contribution < 1.29 is 4.74 Å². The van der Waals surface area contributed by atoms with Crippen LogP contribution in [0.2, 0.25) is 5.02 Å². The first kappa shape index (κ1) is 18.9. The highest BCUT2D eigenvalue weighted by Crippen LogP contribution is 2.27. The molecule has 26 heavy (non-hydrogen) atoms. The van der Waals surface area contributed by atoms with E-state index in [0.717, 1.165) is 29.7 Å². The van der Waals surface area contributed by atoms with Crippen molar-refractivity contribution in [2.45, 2.75) is 6.42 Å². The van der Waals surface area contributed by atoms with Gasteiger partial charge in [-0.25, -0.2) is 0 Å². The predicted molar refractivity (Wildman–Crippen MR) is 113 cm³/mol. The maximum atomic E-state index is 6.12. The molecule has 0 amide bonds. The van der Waals surface area contributed by atoms with Gasteiger partial charge in [0.25, 0.3) is 0 Å². The van der Waals surface area contributed by atoms with E-state index in [-0.39, 0.29) is 0 Å². The number of hydrogen-bond donors (Lipinski definition) is 2. The number of anilines is 2. The van der Waals surface area contributed by atoms with Crippen LogP contribution in [-0.2, 0) is 0 Å². The van der Waals surface area contributed by atoms with E-state index in [9.17, 15) is 0 Å². The fourth-order valence-electron chi connectivity index (χ4n) is 3.03. The van der Waals surface area contributed by atoms with Gasteiger partial charge in [-0.3, -0.25) is 4.99 Å². The Bertz CT molecular complexity index is 782. The van der Waals surface area contributed by atoms with Crippen LogP contribution in [-0.4, -0.2) is 32.7 Å². The molecule has 1 fully saturated rings. The van der Waals surface area contributed by atoms with Gasteiger partial charge in [0.05, 0.1) is 12.1 Å². The predicted octanol–water partition coefficient (Wildman–Crippen LogP) is 4.36. The molecule has 1 atom stereocenters. The van der Waals surface area contributed by atoms with Crippen LogP contribution in [0.5, 0.6) is 5.75 Å². The van der Waals surface area contributed by atoms with E-state index >= 15 is 0 Å². The average molecular weight is 438 g/mol. The Kier molecular flexibility index (Phi) is 6.27. The van der Waals surface area contributed by atoms with E-state index in [2.05, 4.69) is 55.4 Å². The summed E-state index contributed by atoms with van der Waals surface area (Å²) in [6, 6.07) is 13.8.